The highest BCUT2D eigenvalue weighted by atomic mass is 15.5. The summed E-state index contributed by atoms with van der Waals surface area (Å²) in [5.74, 6) is 0. The van der Waals surface area contributed by atoms with Gasteiger partial charge in [0, 0.05) is 0 Å². The molecule has 1 aliphatic rings. The van der Waals surface area contributed by atoms with Crippen LogP contribution in [0.3, 0.4) is 0 Å². The second-order valence-corrected chi connectivity index (χ2v) is 3.96. The van der Waals surface area contributed by atoms with Crippen molar-refractivity contribution in [2.45, 2.75) is 12.1 Å². The standard InChI is InChI=1S/C13H10N4/c14-8-12-13(16-17-15-12)11-7-3-5-9-4-1-2-6-10(9)11/h1-7,12-13H,(H,15,16)/t12-,13+/m1/s1. The van der Waals surface area contributed by atoms with Crippen molar-refractivity contribution in [1.82, 2.24) is 5.43 Å². The third kappa shape index (κ3) is 1.53. The van der Waals surface area contributed by atoms with Gasteiger partial charge in [-0.1, -0.05) is 47.7 Å². The van der Waals surface area contributed by atoms with Crippen LogP contribution in [0.15, 0.2) is 52.8 Å². The van der Waals surface area contributed by atoms with Gasteiger partial charge in [-0.05, 0) is 16.3 Å². The van der Waals surface area contributed by atoms with Gasteiger partial charge in [-0.25, -0.2) is 0 Å². The lowest BCUT2D eigenvalue weighted by Crippen LogP contribution is -2.23. The van der Waals surface area contributed by atoms with Crippen LogP contribution in [0.25, 0.3) is 10.8 Å². The number of rotatable bonds is 1. The Morgan fingerprint density at radius 3 is 2.82 bits per heavy atom. The average molecular weight is 222 g/mol. The molecule has 0 saturated carbocycles. The Morgan fingerprint density at radius 2 is 1.94 bits per heavy atom. The number of fused-ring (bicyclic) bond motifs is 1. The Balaban J connectivity index is 2.18. The summed E-state index contributed by atoms with van der Waals surface area (Å²) < 4.78 is 0. The summed E-state index contributed by atoms with van der Waals surface area (Å²) in [5.41, 5.74) is 3.76. The molecule has 0 unspecified atom stereocenters. The van der Waals surface area contributed by atoms with Crippen molar-refractivity contribution in [2.75, 3.05) is 0 Å². The summed E-state index contributed by atoms with van der Waals surface area (Å²) in [6.07, 6.45) is 0. The highest BCUT2D eigenvalue weighted by Gasteiger charge is 2.28. The molecule has 0 aliphatic carbocycles. The Labute approximate surface area is 98.6 Å². The number of benzene rings is 2. The summed E-state index contributed by atoms with van der Waals surface area (Å²) in [5, 5.41) is 19.2. The Kier molecular flexibility index (Phi) is 2.23. The maximum Gasteiger partial charge on any atom is 0.160 e. The van der Waals surface area contributed by atoms with Gasteiger partial charge in [-0.15, -0.1) is 0 Å². The maximum absolute atomic E-state index is 9.04. The first kappa shape index (κ1) is 9.79. The number of nitriles is 1. The van der Waals surface area contributed by atoms with Gasteiger partial charge in [0.2, 0.25) is 0 Å². The van der Waals surface area contributed by atoms with Crippen LogP contribution in [-0.2, 0) is 0 Å². The van der Waals surface area contributed by atoms with E-state index in [2.05, 4.69) is 34.0 Å². The Bertz CT molecular complexity index is 621. The summed E-state index contributed by atoms with van der Waals surface area (Å²) in [6, 6.07) is 15.7. The van der Waals surface area contributed by atoms with Gasteiger partial charge in [-0.3, -0.25) is 5.43 Å². The number of hydrogen-bond acceptors (Lipinski definition) is 4. The summed E-state index contributed by atoms with van der Waals surface area (Å²) in [6.45, 7) is 0. The number of nitrogens with zero attached hydrogens (tertiary/aromatic N) is 3. The molecular weight excluding hydrogens is 212 g/mol. The first-order valence-corrected chi connectivity index (χ1v) is 5.43. The highest BCUT2D eigenvalue weighted by Crippen LogP contribution is 2.31. The van der Waals surface area contributed by atoms with E-state index in [1.54, 1.807) is 0 Å². The molecule has 2 atom stereocenters. The molecule has 1 heterocycles. The van der Waals surface area contributed by atoms with Crippen molar-refractivity contribution < 1.29 is 0 Å². The molecule has 17 heavy (non-hydrogen) atoms. The molecule has 0 amide bonds. The second-order valence-electron chi connectivity index (χ2n) is 3.96. The predicted octanol–water partition coefficient (Wildman–Crippen LogP) is 2.74. The van der Waals surface area contributed by atoms with Crippen LogP contribution >= 0.6 is 0 Å². The molecule has 0 aromatic heterocycles. The van der Waals surface area contributed by atoms with Gasteiger partial charge in [0.1, 0.15) is 6.04 Å². The molecule has 0 fully saturated rings. The molecular formula is C13H10N4. The van der Waals surface area contributed by atoms with Crippen molar-refractivity contribution in [3.63, 3.8) is 0 Å². The van der Waals surface area contributed by atoms with Crippen molar-refractivity contribution in [1.29, 1.82) is 5.26 Å². The quantitative estimate of drug-likeness (QED) is 0.806. The van der Waals surface area contributed by atoms with E-state index in [1.165, 1.54) is 0 Å². The molecule has 82 valence electrons. The van der Waals surface area contributed by atoms with E-state index >= 15 is 0 Å². The zero-order valence-corrected chi connectivity index (χ0v) is 9.04. The zero-order valence-electron chi connectivity index (χ0n) is 9.04. The molecule has 1 aliphatic heterocycles. The second kappa shape index (κ2) is 3.87. The fourth-order valence-corrected chi connectivity index (χ4v) is 2.14. The van der Waals surface area contributed by atoms with Crippen LogP contribution < -0.4 is 5.43 Å². The molecule has 4 heteroatoms. The van der Waals surface area contributed by atoms with Crippen molar-refractivity contribution in [2.24, 2.45) is 10.3 Å². The van der Waals surface area contributed by atoms with Crippen molar-refractivity contribution >= 4 is 10.8 Å². The van der Waals surface area contributed by atoms with Gasteiger partial charge < -0.3 is 0 Å². The highest BCUT2D eigenvalue weighted by molar-refractivity contribution is 5.86. The molecule has 0 radical (unpaired) electrons. The SMILES string of the molecule is N#C[C@H]1NN=N[C@H]1c1cccc2ccccc12. The lowest BCUT2D eigenvalue weighted by Gasteiger charge is -2.12. The third-order valence-electron chi connectivity index (χ3n) is 2.98. The van der Waals surface area contributed by atoms with E-state index in [0.717, 1.165) is 16.3 Å². The summed E-state index contributed by atoms with van der Waals surface area (Å²) >= 11 is 0. The lowest BCUT2D eigenvalue weighted by molar-refractivity contribution is 0.633. The molecule has 0 spiro atoms. The van der Waals surface area contributed by atoms with E-state index in [0.29, 0.717) is 0 Å². The fourth-order valence-electron chi connectivity index (χ4n) is 2.14. The maximum atomic E-state index is 9.04. The normalized spacial score (nSPS) is 22.3. The smallest absolute Gasteiger partial charge is 0.160 e. The molecule has 2 aromatic rings. The monoisotopic (exact) mass is 222 g/mol. The van der Waals surface area contributed by atoms with E-state index in [-0.39, 0.29) is 12.1 Å². The van der Waals surface area contributed by atoms with Crippen molar-refractivity contribution in [3.8, 4) is 6.07 Å². The largest absolute Gasteiger partial charge is 0.272 e. The van der Waals surface area contributed by atoms with E-state index in [1.807, 2.05) is 30.3 Å². The minimum Gasteiger partial charge on any atom is -0.272 e. The van der Waals surface area contributed by atoms with Gasteiger partial charge in [0.15, 0.2) is 6.04 Å². The van der Waals surface area contributed by atoms with Gasteiger partial charge in [0.05, 0.1) is 6.07 Å². The van der Waals surface area contributed by atoms with Crippen LogP contribution in [0.5, 0.6) is 0 Å². The first-order chi connectivity index (χ1) is 8.40. The van der Waals surface area contributed by atoms with Crippen LogP contribution in [0, 0.1) is 11.3 Å². The molecule has 0 bridgehead atoms. The Hall–Kier alpha value is -2.41. The Morgan fingerprint density at radius 1 is 1.12 bits per heavy atom. The van der Waals surface area contributed by atoms with E-state index in [4.69, 9.17) is 5.26 Å². The average Bonchev–Trinajstić information content (AvgIpc) is 2.86. The van der Waals surface area contributed by atoms with Gasteiger partial charge in [0.25, 0.3) is 0 Å². The molecule has 2 aromatic carbocycles. The predicted molar refractivity (Wildman–Crippen MR) is 64.1 cm³/mol. The summed E-state index contributed by atoms with van der Waals surface area (Å²) in [4.78, 5) is 0. The van der Waals surface area contributed by atoms with E-state index < -0.39 is 0 Å². The molecule has 4 nitrogen and oxygen atoms in total. The minimum absolute atomic E-state index is 0.217. The number of nitrogens with one attached hydrogen (secondary N) is 1. The lowest BCUT2D eigenvalue weighted by atomic mass is 9.95. The molecule has 3 rings (SSSR count). The fraction of sp³-hybridized carbons (Fsp3) is 0.154. The minimum atomic E-state index is -0.374. The van der Waals surface area contributed by atoms with Gasteiger partial charge >= 0.3 is 0 Å². The third-order valence-corrected chi connectivity index (χ3v) is 2.98. The molecule has 1 N–H and O–H groups in total. The van der Waals surface area contributed by atoms with Gasteiger partial charge in [-0.2, -0.15) is 10.4 Å². The van der Waals surface area contributed by atoms with Crippen LogP contribution in [0.4, 0.5) is 0 Å². The first-order valence-electron chi connectivity index (χ1n) is 5.43. The van der Waals surface area contributed by atoms with Crippen LogP contribution in [0.1, 0.15) is 11.6 Å². The van der Waals surface area contributed by atoms with Crippen LogP contribution in [0.2, 0.25) is 0 Å². The molecule has 0 saturated heterocycles. The van der Waals surface area contributed by atoms with Crippen LogP contribution in [-0.4, -0.2) is 6.04 Å². The number of hydrogen-bond donors (Lipinski definition) is 1. The van der Waals surface area contributed by atoms with Crippen molar-refractivity contribution in [3.05, 3.63) is 48.0 Å². The van der Waals surface area contributed by atoms with E-state index in [9.17, 15) is 0 Å². The topological polar surface area (TPSA) is 60.5 Å². The summed E-state index contributed by atoms with van der Waals surface area (Å²) in [7, 11) is 0. The zero-order chi connectivity index (χ0) is 11.7.